The van der Waals surface area contributed by atoms with Gasteiger partial charge in [-0.15, -0.1) is 0 Å². The largest absolute Gasteiger partial charge is 0.363 e. The number of aromatic nitrogens is 1. The highest BCUT2D eigenvalue weighted by molar-refractivity contribution is 7.80. The van der Waals surface area contributed by atoms with E-state index in [0.717, 1.165) is 18.7 Å². The zero-order chi connectivity index (χ0) is 11.8. The van der Waals surface area contributed by atoms with Gasteiger partial charge in [0.15, 0.2) is 5.11 Å². The van der Waals surface area contributed by atoms with E-state index in [-0.39, 0.29) is 6.04 Å². The molecule has 0 bridgehead atoms. The van der Waals surface area contributed by atoms with Crippen molar-refractivity contribution in [3.05, 3.63) is 30.1 Å². The first-order valence-electron chi connectivity index (χ1n) is 5.69. The summed E-state index contributed by atoms with van der Waals surface area (Å²) in [5.74, 6) is 0. The van der Waals surface area contributed by atoms with Gasteiger partial charge in [0.25, 0.3) is 0 Å². The van der Waals surface area contributed by atoms with Crippen LogP contribution in [0.3, 0.4) is 0 Å². The third-order valence-electron chi connectivity index (χ3n) is 2.29. The van der Waals surface area contributed by atoms with Crippen LogP contribution in [-0.2, 0) is 0 Å². The third-order valence-corrected chi connectivity index (χ3v) is 2.56. The molecule has 0 saturated heterocycles. The van der Waals surface area contributed by atoms with E-state index in [9.17, 15) is 0 Å². The van der Waals surface area contributed by atoms with Crippen molar-refractivity contribution >= 4 is 17.3 Å². The number of thiocarbonyl (C=S) groups is 1. The van der Waals surface area contributed by atoms with Crippen LogP contribution in [0, 0.1) is 0 Å². The van der Waals surface area contributed by atoms with Crippen LogP contribution in [0.4, 0.5) is 0 Å². The molecule has 1 atom stereocenters. The lowest BCUT2D eigenvalue weighted by Crippen LogP contribution is -2.37. The van der Waals surface area contributed by atoms with E-state index < -0.39 is 0 Å². The third kappa shape index (κ3) is 4.57. The quantitative estimate of drug-likeness (QED) is 0.609. The maximum absolute atomic E-state index is 5.19. The van der Waals surface area contributed by atoms with Crippen LogP contribution in [-0.4, -0.2) is 16.6 Å². The Labute approximate surface area is 103 Å². The maximum atomic E-state index is 5.19. The summed E-state index contributed by atoms with van der Waals surface area (Å²) in [6, 6.07) is 6.02. The topological polar surface area (TPSA) is 37.0 Å². The predicted molar refractivity (Wildman–Crippen MR) is 71.3 cm³/mol. The van der Waals surface area contributed by atoms with E-state index >= 15 is 0 Å². The minimum Gasteiger partial charge on any atom is -0.363 e. The van der Waals surface area contributed by atoms with Crippen molar-refractivity contribution in [3.63, 3.8) is 0 Å². The van der Waals surface area contributed by atoms with Crippen LogP contribution in [0.1, 0.15) is 38.4 Å². The Hall–Kier alpha value is -1.16. The highest BCUT2D eigenvalue weighted by Crippen LogP contribution is 2.07. The lowest BCUT2D eigenvalue weighted by atomic mass is 10.2. The first kappa shape index (κ1) is 12.9. The van der Waals surface area contributed by atoms with E-state index in [0.29, 0.717) is 5.11 Å². The Balaban J connectivity index is 2.34. The standard InChI is InChI=1S/C12H19N3S/c1-3-4-8-14-12(16)15-10(2)11-7-5-6-9-13-11/h5-7,9-10H,3-4,8H2,1-2H3,(H2,14,15,16). The summed E-state index contributed by atoms with van der Waals surface area (Å²) in [7, 11) is 0. The molecular formula is C12H19N3S. The molecule has 0 fully saturated rings. The Bertz CT molecular complexity index is 313. The normalized spacial score (nSPS) is 11.9. The molecule has 0 saturated carbocycles. The fraction of sp³-hybridized carbons (Fsp3) is 0.500. The molecule has 0 aliphatic rings. The highest BCUT2D eigenvalue weighted by Gasteiger charge is 2.06. The van der Waals surface area contributed by atoms with Crippen molar-refractivity contribution in [2.75, 3.05) is 6.54 Å². The highest BCUT2D eigenvalue weighted by atomic mass is 32.1. The van der Waals surface area contributed by atoms with Gasteiger partial charge in [0.2, 0.25) is 0 Å². The van der Waals surface area contributed by atoms with Gasteiger partial charge in [-0.25, -0.2) is 0 Å². The molecule has 1 unspecified atom stereocenters. The van der Waals surface area contributed by atoms with Crippen molar-refractivity contribution in [3.8, 4) is 0 Å². The van der Waals surface area contributed by atoms with Gasteiger partial charge in [0.1, 0.15) is 0 Å². The summed E-state index contributed by atoms with van der Waals surface area (Å²) in [4.78, 5) is 4.28. The van der Waals surface area contributed by atoms with Gasteiger partial charge in [0, 0.05) is 12.7 Å². The van der Waals surface area contributed by atoms with Gasteiger partial charge in [0.05, 0.1) is 11.7 Å². The molecule has 2 N–H and O–H groups in total. The summed E-state index contributed by atoms with van der Waals surface area (Å²) >= 11 is 5.19. The van der Waals surface area contributed by atoms with E-state index in [1.54, 1.807) is 6.20 Å². The molecular weight excluding hydrogens is 218 g/mol. The molecule has 0 radical (unpaired) electrons. The van der Waals surface area contributed by atoms with E-state index in [2.05, 4.69) is 29.5 Å². The summed E-state index contributed by atoms with van der Waals surface area (Å²) in [5.41, 5.74) is 1.00. The van der Waals surface area contributed by atoms with Gasteiger partial charge >= 0.3 is 0 Å². The van der Waals surface area contributed by atoms with Gasteiger partial charge in [-0.2, -0.15) is 0 Å². The Kier molecular flexibility index (Phi) is 5.78. The molecule has 0 aliphatic heterocycles. The van der Waals surface area contributed by atoms with Crippen LogP contribution in [0.5, 0.6) is 0 Å². The number of unbranched alkanes of at least 4 members (excludes halogenated alkanes) is 1. The molecule has 0 aromatic carbocycles. The van der Waals surface area contributed by atoms with E-state index in [1.165, 1.54) is 6.42 Å². The molecule has 1 rings (SSSR count). The first-order valence-corrected chi connectivity index (χ1v) is 6.10. The molecule has 16 heavy (non-hydrogen) atoms. The molecule has 0 spiro atoms. The van der Waals surface area contributed by atoms with E-state index in [1.807, 2.05) is 18.2 Å². The second-order valence-corrected chi connectivity index (χ2v) is 4.14. The molecule has 0 amide bonds. The van der Waals surface area contributed by atoms with Gasteiger partial charge in [-0.3, -0.25) is 4.98 Å². The molecule has 1 heterocycles. The number of rotatable bonds is 5. The number of hydrogen-bond acceptors (Lipinski definition) is 2. The SMILES string of the molecule is CCCCNC(=S)NC(C)c1ccccn1. The summed E-state index contributed by atoms with van der Waals surface area (Å²) in [6.07, 6.45) is 4.10. The van der Waals surface area contributed by atoms with Crippen molar-refractivity contribution in [1.29, 1.82) is 0 Å². The Morgan fingerprint density at radius 3 is 2.94 bits per heavy atom. The smallest absolute Gasteiger partial charge is 0.166 e. The lowest BCUT2D eigenvalue weighted by molar-refractivity contribution is 0.666. The van der Waals surface area contributed by atoms with Crippen molar-refractivity contribution < 1.29 is 0 Å². The zero-order valence-electron chi connectivity index (χ0n) is 9.86. The van der Waals surface area contributed by atoms with E-state index in [4.69, 9.17) is 12.2 Å². The predicted octanol–water partition coefficient (Wildman–Crippen LogP) is 2.41. The fourth-order valence-corrected chi connectivity index (χ4v) is 1.61. The van der Waals surface area contributed by atoms with Gasteiger partial charge < -0.3 is 10.6 Å². The molecule has 3 nitrogen and oxygen atoms in total. The fourth-order valence-electron chi connectivity index (χ4n) is 1.33. The summed E-state index contributed by atoms with van der Waals surface area (Å²) < 4.78 is 0. The molecule has 88 valence electrons. The number of hydrogen-bond donors (Lipinski definition) is 2. The van der Waals surface area contributed by atoms with Crippen LogP contribution in [0.2, 0.25) is 0 Å². The van der Waals surface area contributed by atoms with Crippen molar-refractivity contribution in [2.24, 2.45) is 0 Å². The second-order valence-electron chi connectivity index (χ2n) is 3.73. The number of nitrogens with one attached hydrogen (secondary N) is 2. The van der Waals surface area contributed by atoms with Crippen LogP contribution >= 0.6 is 12.2 Å². The monoisotopic (exact) mass is 237 g/mol. The molecule has 4 heteroatoms. The van der Waals surface area contributed by atoms with Crippen LogP contribution < -0.4 is 10.6 Å². The average molecular weight is 237 g/mol. The van der Waals surface area contributed by atoms with Gasteiger partial charge in [-0.05, 0) is 37.7 Å². The molecule has 0 aliphatic carbocycles. The zero-order valence-corrected chi connectivity index (χ0v) is 10.7. The Morgan fingerprint density at radius 1 is 1.50 bits per heavy atom. The van der Waals surface area contributed by atoms with Gasteiger partial charge in [-0.1, -0.05) is 19.4 Å². The second kappa shape index (κ2) is 7.17. The molecule has 1 aromatic heterocycles. The Morgan fingerprint density at radius 2 is 2.31 bits per heavy atom. The first-order chi connectivity index (χ1) is 7.74. The van der Waals surface area contributed by atoms with Crippen molar-refractivity contribution in [2.45, 2.75) is 32.7 Å². The minimum absolute atomic E-state index is 0.142. The molecule has 1 aromatic rings. The van der Waals surface area contributed by atoms with Crippen LogP contribution in [0.15, 0.2) is 24.4 Å². The summed E-state index contributed by atoms with van der Waals surface area (Å²) in [6.45, 7) is 5.14. The minimum atomic E-state index is 0.142. The van der Waals surface area contributed by atoms with Crippen LogP contribution in [0.25, 0.3) is 0 Å². The number of nitrogens with zero attached hydrogens (tertiary/aromatic N) is 1. The lowest BCUT2D eigenvalue weighted by Gasteiger charge is -2.16. The maximum Gasteiger partial charge on any atom is 0.166 e. The summed E-state index contributed by atoms with van der Waals surface area (Å²) in [5, 5.41) is 7.09. The van der Waals surface area contributed by atoms with Crippen molar-refractivity contribution in [1.82, 2.24) is 15.6 Å². The average Bonchev–Trinajstić information content (AvgIpc) is 2.30. The number of pyridine rings is 1.